The number of piperidine rings is 1. The summed E-state index contributed by atoms with van der Waals surface area (Å²) >= 11 is 0. The topological polar surface area (TPSA) is 72.5 Å². The van der Waals surface area contributed by atoms with Gasteiger partial charge in [0.2, 0.25) is 0 Å². The first-order valence-corrected chi connectivity index (χ1v) is 8.68. The molecule has 0 saturated carbocycles. The van der Waals surface area contributed by atoms with E-state index in [0.29, 0.717) is 18.9 Å². The number of methoxy groups -OCH3 is 1. The number of carbonyl (C=O) groups excluding carboxylic acids is 1. The van der Waals surface area contributed by atoms with Crippen molar-refractivity contribution in [3.05, 3.63) is 41.6 Å². The van der Waals surface area contributed by atoms with Gasteiger partial charge in [-0.2, -0.15) is 5.10 Å². The van der Waals surface area contributed by atoms with E-state index in [0.717, 1.165) is 30.7 Å². The van der Waals surface area contributed by atoms with Gasteiger partial charge < -0.3 is 19.4 Å². The predicted molar refractivity (Wildman–Crippen MR) is 93.4 cm³/mol. The molecule has 7 heteroatoms. The number of likely N-dealkylation sites (tertiary alicyclic amines) is 1. The SMILES string of the molecule is COC[C@H](NC(=O)N1CCC[C@@H](n2cc(C)cn2)C1)c1ccc(C)o1. The van der Waals surface area contributed by atoms with Crippen LogP contribution in [0.2, 0.25) is 0 Å². The van der Waals surface area contributed by atoms with E-state index >= 15 is 0 Å². The number of carbonyl (C=O) groups is 1. The summed E-state index contributed by atoms with van der Waals surface area (Å²) in [7, 11) is 1.62. The van der Waals surface area contributed by atoms with Crippen LogP contribution in [0.15, 0.2) is 28.9 Å². The minimum atomic E-state index is -0.293. The van der Waals surface area contributed by atoms with Gasteiger partial charge in [-0.15, -0.1) is 0 Å². The largest absolute Gasteiger partial charge is 0.464 e. The number of hydrogen-bond acceptors (Lipinski definition) is 4. The highest BCUT2D eigenvalue weighted by molar-refractivity contribution is 5.74. The molecule has 1 saturated heterocycles. The van der Waals surface area contributed by atoms with E-state index in [4.69, 9.17) is 9.15 Å². The number of aryl methyl sites for hydroxylation is 2. The van der Waals surface area contributed by atoms with E-state index in [-0.39, 0.29) is 18.1 Å². The zero-order chi connectivity index (χ0) is 17.8. The molecule has 1 aliphatic heterocycles. The number of urea groups is 1. The normalized spacial score (nSPS) is 19.0. The summed E-state index contributed by atoms with van der Waals surface area (Å²) in [4.78, 5) is 14.6. The molecule has 0 unspecified atom stereocenters. The van der Waals surface area contributed by atoms with Crippen LogP contribution in [0.1, 0.15) is 42.0 Å². The van der Waals surface area contributed by atoms with E-state index in [1.165, 1.54) is 0 Å². The van der Waals surface area contributed by atoms with Crippen molar-refractivity contribution in [2.45, 2.75) is 38.8 Å². The summed E-state index contributed by atoms with van der Waals surface area (Å²) in [6, 6.07) is 3.61. The molecule has 2 amide bonds. The van der Waals surface area contributed by atoms with Crippen LogP contribution in [-0.2, 0) is 4.74 Å². The van der Waals surface area contributed by atoms with Crippen LogP contribution in [0.25, 0.3) is 0 Å². The number of rotatable bonds is 5. The summed E-state index contributed by atoms with van der Waals surface area (Å²) in [6.45, 7) is 5.69. The third kappa shape index (κ3) is 4.22. The first-order chi connectivity index (χ1) is 12.1. The summed E-state index contributed by atoms with van der Waals surface area (Å²) in [5.74, 6) is 1.53. The summed E-state index contributed by atoms with van der Waals surface area (Å²) in [6.07, 6.45) is 5.88. The van der Waals surface area contributed by atoms with Gasteiger partial charge in [0.05, 0.1) is 18.8 Å². The Labute approximate surface area is 147 Å². The van der Waals surface area contributed by atoms with Gasteiger partial charge in [-0.3, -0.25) is 4.68 Å². The molecule has 1 N–H and O–H groups in total. The maximum absolute atomic E-state index is 12.7. The average molecular weight is 346 g/mol. The lowest BCUT2D eigenvalue weighted by molar-refractivity contribution is 0.135. The second-order valence-corrected chi connectivity index (χ2v) is 6.65. The van der Waals surface area contributed by atoms with Crippen molar-refractivity contribution in [3.8, 4) is 0 Å². The number of aromatic nitrogens is 2. The molecule has 2 aromatic heterocycles. The molecule has 3 heterocycles. The molecule has 0 aromatic carbocycles. The third-order valence-corrected chi connectivity index (χ3v) is 4.52. The Hall–Kier alpha value is -2.28. The van der Waals surface area contributed by atoms with Gasteiger partial charge in [-0.05, 0) is 44.4 Å². The molecular formula is C18H26N4O3. The third-order valence-electron chi connectivity index (χ3n) is 4.52. The molecule has 1 fully saturated rings. The molecule has 0 spiro atoms. The van der Waals surface area contributed by atoms with E-state index in [9.17, 15) is 4.79 Å². The molecule has 136 valence electrons. The molecule has 7 nitrogen and oxygen atoms in total. The number of nitrogens with one attached hydrogen (secondary N) is 1. The fourth-order valence-corrected chi connectivity index (χ4v) is 3.23. The number of nitrogens with zero attached hydrogens (tertiary/aromatic N) is 3. The zero-order valence-corrected chi connectivity index (χ0v) is 15.1. The molecule has 2 atom stereocenters. The summed E-state index contributed by atoms with van der Waals surface area (Å²) < 4.78 is 12.9. The second-order valence-electron chi connectivity index (χ2n) is 6.65. The van der Waals surface area contributed by atoms with Gasteiger partial charge in [-0.1, -0.05) is 0 Å². The van der Waals surface area contributed by atoms with Crippen molar-refractivity contribution in [2.24, 2.45) is 0 Å². The Bertz CT molecular complexity index is 709. The van der Waals surface area contributed by atoms with Crippen LogP contribution in [0, 0.1) is 13.8 Å². The minimum absolute atomic E-state index is 0.0929. The Balaban J connectivity index is 1.64. The van der Waals surface area contributed by atoms with E-state index in [2.05, 4.69) is 10.4 Å². The van der Waals surface area contributed by atoms with Gasteiger partial charge >= 0.3 is 6.03 Å². The van der Waals surface area contributed by atoms with Crippen LogP contribution >= 0.6 is 0 Å². The second kappa shape index (κ2) is 7.74. The molecule has 0 aliphatic carbocycles. The Morgan fingerprint density at radius 1 is 1.48 bits per heavy atom. The Morgan fingerprint density at radius 2 is 2.32 bits per heavy atom. The van der Waals surface area contributed by atoms with Crippen molar-refractivity contribution in [1.82, 2.24) is 20.0 Å². The molecule has 1 aliphatic rings. The van der Waals surface area contributed by atoms with Gasteiger partial charge in [-0.25, -0.2) is 4.79 Å². The standard InChI is InChI=1S/C18H26N4O3/c1-13-9-19-22(10-13)15-5-4-8-21(11-15)18(23)20-16(12-24-3)17-7-6-14(2)25-17/h6-7,9-10,15-16H,4-5,8,11-12H2,1-3H3,(H,20,23)/t15-,16+/m1/s1. The molecule has 25 heavy (non-hydrogen) atoms. The average Bonchev–Trinajstić information content (AvgIpc) is 3.23. The first kappa shape index (κ1) is 17.5. The minimum Gasteiger partial charge on any atom is -0.464 e. The van der Waals surface area contributed by atoms with Crippen molar-refractivity contribution in [2.75, 3.05) is 26.8 Å². The highest BCUT2D eigenvalue weighted by Gasteiger charge is 2.27. The monoisotopic (exact) mass is 346 g/mol. The van der Waals surface area contributed by atoms with Gasteiger partial charge in [0.25, 0.3) is 0 Å². The molecule has 0 radical (unpaired) electrons. The van der Waals surface area contributed by atoms with Crippen molar-refractivity contribution in [1.29, 1.82) is 0 Å². The van der Waals surface area contributed by atoms with Crippen LogP contribution in [0.5, 0.6) is 0 Å². The van der Waals surface area contributed by atoms with Crippen LogP contribution in [-0.4, -0.2) is 47.5 Å². The Kier molecular flexibility index (Phi) is 5.43. The molecule has 3 rings (SSSR count). The van der Waals surface area contributed by atoms with E-state index < -0.39 is 0 Å². The van der Waals surface area contributed by atoms with E-state index in [1.54, 1.807) is 7.11 Å². The van der Waals surface area contributed by atoms with Gasteiger partial charge in [0.1, 0.15) is 17.6 Å². The van der Waals surface area contributed by atoms with E-state index in [1.807, 2.05) is 48.0 Å². The van der Waals surface area contributed by atoms with Crippen molar-refractivity contribution >= 4 is 6.03 Å². The predicted octanol–water partition coefficient (Wildman–Crippen LogP) is 2.83. The lowest BCUT2D eigenvalue weighted by Crippen LogP contribution is -2.47. The van der Waals surface area contributed by atoms with Gasteiger partial charge in [0.15, 0.2) is 0 Å². The van der Waals surface area contributed by atoms with Crippen LogP contribution < -0.4 is 5.32 Å². The first-order valence-electron chi connectivity index (χ1n) is 8.68. The molecule has 0 bridgehead atoms. The van der Waals surface area contributed by atoms with Gasteiger partial charge in [0, 0.05) is 26.4 Å². The molecular weight excluding hydrogens is 320 g/mol. The van der Waals surface area contributed by atoms with Crippen LogP contribution in [0.4, 0.5) is 4.79 Å². The zero-order valence-electron chi connectivity index (χ0n) is 15.1. The van der Waals surface area contributed by atoms with Crippen LogP contribution in [0.3, 0.4) is 0 Å². The van der Waals surface area contributed by atoms with Crippen molar-refractivity contribution < 1.29 is 13.9 Å². The lowest BCUT2D eigenvalue weighted by Gasteiger charge is -2.33. The smallest absolute Gasteiger partial charge is 0.318 e. The molecule has 2 aromatic rings. The highest BCUT2D eigenvalue weighted by Crippen LogP contribution is 2.22. The number of furan rings is 1. The lowest BCUT2D eigenvalue weighted by atomic mass is 10.1. The van der Waals surface area contributed by atoms with Crippen molar-refractivity contribution in [3.63, 3.8) is 0 Å². The number of ether oxygens (including phenoxy) is 1. The number of hydrogen-bond donors (Lipinski definition) is 1. The summed E-state index contributed by atoms with van der Waals surface area (Å²) in [5.41, 5.74) is 1.13. The maximum atomic E-state index is 12.7. The summed E-state index contributed by atoms with van der Waals surface area (Å²) in [5, 5.41) is 7.43. The number of amides is 2. The fraction of sp³-hybridized carbons (Fsp3) is 0.556. The fourth-order valence-electron chi connectivity index (χ4n) is 3.23. The Morgan fingerprint density at radius 3 is 2.96 bits per heavy atom. The highest BCUT2D eigenvalue weighted by atomic mass is 16.5. The quantitative estimate of drug-likeness (QED) is 0.903. The maximum Gasteiger partial charge on any atom is 0.318 e.